The van der Waals surface area contributed by atoms with Crippen molar-refractivity contribution in [1.29, 1.82) is 0 Å². The van der Waals surface area contributed by atoms with Crippen LogP contribution in [0.2, 0.25) is 0 Å². The Kier molecular flexibility index (Phi) is 7.09. The van der Waals surface area contributed by atoms with E-state index in [1.54, 1.807) is 11.4 Å². The molecule has 2 amide bonds. The summed E-state index contributed by atoms with van der Waals surface area (Å²) < 4.78 is 51.2. The predicted molar refractivity (Wildman–Crippen MR) is 111 cm³/mol. The van der Waals surface area contributed by atoms with Crippen molar-refractivity contribution in [3.05, 3.63) is 40.6 Å². The maximum absolute atomic E-state index is 13.6. The molecule has 6 nitrogen and oxygen atoms in total. The van der Waals surface area contributed by atoms with Crippen molar-refractivity contribution in [2.75, 3.05) is 19.1 Å². The van der Waals surface area contributed by atoms with Crippen molar-refractivity contribution in [1.82, 2.24) is 5.32 Å². The number of carbonyl (C=O) groups excluding carboxylic acids is 2. The molecule has 0 saturated heterocycles. The molecule has 10 heteroatoms. The van der Waals surface area contributed by atoms with Gasteiger partial charge in [-0.1, -0.05) is 18.9 Å². The maximum atomic E-state index is 13.6. The molecular weight excluding hydrogens is 433 g/mol. The number of benzene rings is 1. The van der Waals surface area contributed by atoms with E-state index in [0.29, 0.717) is 9.78 Å². The average Bonchev–Trinajstić information content (AvgIpc) is 3.44. The van der Waals surface area contributed by atoms with Gasteiger partial charge in [0, 0.05) is 29.1 Å². The largest absolute Gasteiger partial charge is 0.497 e. The molecule has 31 heavy (non-hydrogen) atoms. The first-order valence-corrected chi connectivity index (χ1v) is 10.6. The number of hydrogen-bond donors (Lipinski definition) is 1. The van der Waals surface area contributed by atoms with Gasteiger partial charge in [-0.2, -0.15) is 13.2 Å². The Morgan fingerprint density at radius 2 is 1.74 bits per heavy atom. The van der Waals surface area contributed by atoms with Gasteiger partial charge in [-0.05, 0) is 24.3 Å². The number of alkyl halides is 3. The third-order valence-corrected chi connectivity index (χ3v) is 6.02. The van der Waals surface area contributed by atoms with Crippen molar-refractivity contribution < 1.29 is 32.2 Å². The van der Waals surface area contributed by atoms with Crippen LogP contribution in [0, 0.1) is 0 Å². The highest BCUT2D eigenvalue weighted by Gasteiger charge is 2.48. The Morgan fingerprint density at radius 1 is 1.13 bits per heavy atom. The lowest BCUT2D eigenvalue weighted by molar-refractivity contribution is -0.171. The second kappa shape index (κ2) is 9.59. The number of carbonyl (C=O) groups is 2. The van der Waals surface area contributed by atoms with E-state index in [4.69, 9.17) is 9.47 Å². The molecule has 1 saturated carbocycles. The van der Waals surface area contributed by atoms with Crippen LogP contribution >= 0.6 is 11.3 Å². The number of methoxy groups -OCH3 is 2. The molecule has 1 atom stereocenters. The summed E-state index contributed by atoms with van der Waals surface area (Å²) in [6.45, 7) is 0. The molecule has 0 radical (unpaired) electrons. The van der Waals surface area contributed by atoms with Gasteiger partial charge in [0.15, 0.2) is 6.04 Å². The Bertz CT molecular complexity index is 890. The summed E-state index contributed by atoms with van der Waals surface area (Å²) in [7, 11) is 2.69. The minimum atomic E-state index is -5.19. The van der Waals surface area contributed by atoms with Crippen LogP contribution in [0.25, 0.3) is 0 Å². The molecule has 0 aliphatic heterocycles. The Morgan fingerprint density at radius 3 is 2.23 bits per heavy atom. The molecule has 1 heterocycles. The molecule has 1 aromatic carbocycles. The van der Waals surface area contributed by atoms with Gasteiger partial charge in [0.1, 0.15) is 11.5 Å². The normalized spacial score (nSPS) is 15.4. The molecule has 1 aromatic heterocycles. The molecule has 0 unspecified atom stereocenters. The topological polar surface area (TPSA) is 67.9 Å². The molecular formula is C21H23F3N2O4S. The van der Waals surface area contributed by atoms with Crippen LogP contribution in [0.5, 0.6) is 11.5 Å². The molecule has 168 valence electrons. The van der Waals surface area contributed by atoms with Crippen LogP contribution in [0.4, 0.5) is 18.9 Å². The van der Waals surface area contributed by atoms with E-state index < -0.39 is 24.0 Å². The molecule has 0 bridgehead atoms. The van der Waals surface area contributed by atoms with Crippen molar-refractivity contribution >= 4 is 28.8 Å². The van der Waals surface area contributed by atoms with E-state index in [-0.39, 0.29) is 23.2 Å². The van der Waals surface area contributed by atoms with Crippen molar-refractivity contribution in [2.24, 2.45) is 0 Å². The summed E-state index contributed by atoms with van der Waals surface area (Å²) in [6, 6.07) is 5.56. The lowest BCUT2D eigenvalue weighted by Crippen LogP contribution is -2.50. The van der Waals surface area contributed by atoms with Crippen LogP contribution in [0.1, 0.15) is 36.6 Å². The number of halogens is 3. The molecule has 1 fully saturated rings. The first-order valence-electron chi connectivity index (χ1n) is 9.72. The third-order valence-electron chi connectivity index (χ3n) is 5.10. The van der Waals surface area contributed by atoms with Gasteiger partial charge in [-0.25, -0.2) is 0 Å². The smallest absolute Gasteiger partial charge is 0.471 e. The van der Waals surface area contributed by atoms with Crippen LogP contribution < -0.4 is 19.7 Å². The molecule has 1 aliphatic rings. The standard InChI is InChI=1S/C21H23F3N2O4S/c1-29-15-10-14(11-16(12-15)30-2)26(20(28)21(22,23)24)18(17-8-5-9-31-17)19(27)25-13-6-3-4-7-13/h5,8-13,18H,3-4,6-7H2,1-2H3,(H,25,27)/t18-/m1/s1. The Labute approximate surface area is 181 Å². The maximum Gasteiger partial charge on any atom is 0.471 e. The van der Waals surface area contributed by atoms with Gasteiger partial charge < -0.3 is 14.8 Å². The second-order valence-corrected chi connectivity index (χ2v) is 8.13. The van der Waals surface area contributed by atoms with Crippen molar-refractivity contribution in [2.45, 2.75) is 43.9 Å². The summed E-state index contributed by atoms with van der Waals surface area (Å²) in [5.74, 6) is -2.43. The molecule has 0 spiro atoms. The fraction of sp³-hybridized carbons (Fsp3) is 0.429. The average molecular weight is 456 g/mol. The lowest BCUT2D eigenvalue weighted by atomic mass is 10.1. The lowest BCUT2D eigenvalue weighted by Gasteiger charge is -2.32. The zero-order valence-corrected chi connectivity index (χ0v) is 17.9. The Hall–Kier alpha value is -2.75. The van der Waals surface area contributed by atoms with Crippen LogP contribution in [-0.4, -0.2) is 38.3 Å². The summed E-state index contributed by atoms with van der Waals surface area (Å²) in [6.07, 6.45) is -1.81. The third kappa shape index (κ3) is 5.30. The summed E-state index contributed by atoms with van der Waals surface area (Å²) in [5.41, 5.74) is -0.154. The minimum Gasteiger partial charge on any atom is -0.497 e. The quantitative estimate of drug-likeness (QED) is 0.668. The molecule has 3 rings (SSSR count). The molecule has 1 aliphatic carbocycles. The first kappa shape index (κ1) is 22.9. The van der Waals surface area contributed by atoms with E-state index in [1.165, 1.54) is 38.5 Å². The second-order valence-electron chi connectivity index (χ2n) is 7.15. The Balaban J connectivity index is 2.12. The van der Waals surface area contributed by atoms with Crippen molar-refractivity contribution in [3.8, 4) is 11.5 Å². The monoisotopic (exact) mass is 456 g/mol. The van der Waals surface area contributed by atoms with Gasteiger partial charge in [-0.15, -0.1) is 11.3 Å². The number of hydrogen-bond acceptors (Lipinski definition) is 5. The van der Waals surface area contributed by atoms with Crippen LogP contribution in [0.3, 0.4) is 0 Å². The van der Waals surface area contributed by atoms with Gasteiger partial charge in [-0.3, -0.25) is 14.5 Å². The fourth-order valence-corrected chi connectivity index (χ4v) is 4.44. The van der Waals surface area contributed by atoms with Gasteiger partial charge in [0.25, 0.3) is 0 Å². The summed E-state index contributed by atoms with van der Waals surface area (Å²) in [4.78, 5) is 26.6. The number of amides is 2. The SMILES string of the molecule is COc1cc(OC)cc(N(C(=O)C(F)(F)F)[C@@H](C(=O)NC2CCCC2)c2cccs2)c1. The van der Waals surface area contributed by atoms with Gasteiger partial charge in [0.05, 0.1) is 19.9 Å². The minimum absolute atomic E-state index is 0.127. The number of rotatable bonds is 7. The van der Waals surface area contributed by atoms with E-state index in [0.717, 1.165) is 37.0 Å². The van der Waals surface area contributed by atoms with E-state index in [9.17, 15) is 22.8 Å². The number of anilines is 1. The van der Waals surface area contributed by atoms with Crippen molar-refractivity contribution in [3.63, 3.8) is 0 Å². The van der Waals surface area contributed by atoms with Crippen LogP contribution in [-0.2, 0) is 9.59 Å². The van der Waals surface area contributed by atoms with E-state index in [2.05, 4.69) is 5.32 Å². The number of ether oxygens (including phenoxy) is 2. The number of thiophene rings is 1. The first-order chi connectivity index (χ1) is 14.7. The number of nitrogens with zero attached hydrogens (tertiary/aromatic N) is 1. The zero-order valence-electron chi connectivity index (χ0n) is 17.1. The summed E-state index contributed by atoms with van der Waals surface area (Å²) >= 11 is 1.10. The van der Waals surface area contributed by atoms with Crippen LogP contribution in [0.15, 0.2) is 35.7 Å². The molecule has 2 aromatic rings. The zero-order chi connectivity index (χ0) is 22.6. The number of nitrogens with one attached hydrogen (secondary N) is 1. The highest BCUT2D eigenvalue weighted by atomic mass is 32.1. The highest BCUT2D eigenvalue weighted by Crippen LogP contribution is 2.38. The van der Waals surface area contributed by atoms with Gasteiger partial charge in [0.2, 0.25) is 5.91 Å². The fourth-order valence-electron chi connectivity index (χ4n) is 3.62. The molecule has 1 N–H and O–H groups in total. The highest BCUT2D eigenvalue weighted by molar-refractivity contribution is 7.10. The van der Waals surface area contributed by atoms with E-state index >= 15 is 0 Å². The summed E-state index contributed by atoms with van der Waals surface area (Å²) in [5, 5.41) is 4.47. The van der Waals surface area contributed by atoms with Gasteiger partial charge >= 0.3 is 12.1 Å². The van der Waals surface area contributed by atoms with E-state index in [1.807, 2.05) is 0 Å². The predicted octanol–water partition coefficient (Wildman–Crippen LogP) is 4.46.